The lowest BCUT2D eigenvalue weighted by atomic mass is 10.3. The summed E-state index contributed by atoms with van der Waals surface area (Å²) >= 11 is 1.43. The molecule has 0 saturated carbocycles. The highest BCUT2D eigenvalue weighted by Gasteiger charge is 2.27. The summed E-state index contributed by atoms with van der Waals surface area (Å²) in [5.74, 6) is 1.67. The van der Waals surface area contributed by atoms with E-state index in [1.165, 1.54) is 11.5 Å². The first-order valence-electron chi connectivity index (χ1n) is 9.18. The van der Waals surface area contributed by atoms with Crippen LogP contribution in [0.5, 0.6) is 0 Å². The van der Waals surface area contributed by atoms with E-state index >= 15 is 0 Å². The van der Waals surface area contributed by atoms with Crippen molar-refractivity contribution in [2.75, 3.05) is 57.4 Å². The Morgan fingerprint density at radius 1 is 1.26 bits per heavy atom. The van der Waals surface area contributed by atoms with Crippen molar-refractivity contribution in [2.24, 2.45) is 4.99 Å². The third kappa shape index (κ3) is 7.49. The second-order valence-electron chi connectivity index (χ2n) is 6.08. The zero-order valence-electron chi connectivity index (χ0n) is 15.8. The Morgan fingerprint density at radius 2 is 2.00 bits per heavy atom. The summed E-state index contributed by atoms with van der Waals surface area (Å²) in [5.41, 5.74) is 0. The van der Waals surface area contributed by atoms with E-state index in [2.05, 4.69) is 34.2 Å². The molecule has 2 heterocycles. The van der Waals surface area contributed by atoms with Gasteiger partial charge in [0.1, 0.15) is 12.4 Å². The van der Waals surface area contributed by atoms with Gasteiger partial charge in [-0.3, -0.25) is 4.99 Å². The monoisotopic (exact) mass is 408 g/mol. The lowest BCUT2D eigenvalue weighted by Crippen LogP contribution is -2.52. The van der Waals surface area contributed by atoms with E-state index in [-0.39, 0.29) is 6.61 Å². The average molecular weight is 408 g/mol. The van der Waals surface area contributed by atoms with E-state index in [4.69, 9.17) is 0 Å². The molecule has 1 N–H and O–H groups in total. The minimum absolute atomic E-state index is 0.0486. The molecule has 1 aliphatic heterocycles. The standard InChI is InChI=1S/C16H27F3N6OS/c1-3-13-22-15(27-23-13)25-9-7-24(8-10-25)14(20-4-2)21-6-5-11-26-12-16(17,18)19/h3-12H2,1-2H3,(H,20,21). The van der Waals surface area contributed by atoms with E-state index in [1.807, 2.05) is 13.8 Å². The lowest BCUT2D eigenvalue weighted by molar-refractivity contribution is -0.173. The van der Waals surface area contributed by atoms with Crippen LogP contribution in [0.15, 0.2) is 4.99 Å². The molecule has 0 unspecified atom stereocenters. The van der Waals surface area contributed by atoms with Crippen LogP contribution in [0.4, 0.5) is 18.3 Å². The first kappa shape index (κ1) is 21.7. The summed E-state index contributed by atoms with van der Waals surface area (Å²) in [6.45, 7) is 7.31. The van der Waals surface area contributed by atoms with Crippen molar-refractivity contribution in [3.05, 3.63) is 5.82 Å². The molecule has 0 spiro atoms. The van der Waals surface area contributed by atoms with Gasteiger partial charge in [-0.15, -0.1) is 0 Å². The number of alkyl halides is 3. The third-order valence-corrected chi connectivity index (χ3v) is 4.75. The molecule has 0 bridgehead atoms. The van der Waals surface area contributed by atoms with Gasteiger partial charge in [0, 0.05) is 63.8 Å². The van der Waals surface area contributed by atoms with Crippen LogP contribution < -0.4 is 10.2 Å². The topological polar surface area (TPSA) is 65.9 Å². The van der Waals surface area contributed by atoms with Gasteiger partial charge in [0.25, 0.3) is 0 Å². The number of aryl methyl sites for hydroxylation is 1. The zero-order chi connectivity index (χ0) is 19.7. The summed E-state index contributed by atoms with van der Waals surface area (Å²) < 4.78 is 45.0. The lowest BCUT2D eigenvalue weighted by Gasteiger charge is -2.36. The molecule has 11 heteroatoms. The fraction of sp³-hybridized carbons (Fsp3) is 0.812. The van der Waals surface area contributed by atoms with Gasteiger partial charge in [-0.05, 0) is 13.3 Å². The maximum atomic E-state index is 12.0. The van der Waals surface area contributed by atoms with Crippen molar-refractivity contribution in [3.63, 3.8) is 0 Å². The summed E-state index contributed by atoms with van der Waals surface area (Å²) in [5, 5.41) is 4.20. The molecule has 154 valence electrons. The first-order valence-corrected chi connectivity index (χ1v) is 9.95. The van der Waals surface area contributed by atoms with Crippen LogP contribution in [0.1, 0.15) is 26.1 Å². The number of rotatable bonds is 8. The molecule has 1 aromatic heterocycles. The smallest absolute Gasteiger partial charge is 0.372 e. The molecule has 1 fully saturated rings. The van der Waals surface area contributed by atoms with Gasteiger partial charge < -0.3 is 19.9 Å². The number of nitrogens with one attached hydrogen (secondary N) is 1. The van der Waals surface area contributed by atoms with E-state index in [0.717, 1.165) is 56.1 Å². The number of piperazine rings is 1. The molecule has 0 radical (unpaired) electrons. The molecule has 7 nitrogen and oxygen atoms in total. The van der Waals surface area contributed by atoms with Crippen molar-refractivity contribution in [2.45, 2.75) is 32.9 Å². The number of hydrogen-bond donors (Lipinski definition) is 1. The van der Waals surface area contributed by atoms with Gasteiger partial charge in [0.15, 0.2) is 5.96 Å². The number of nitrogens with zero attached hydrogens (tertiary/aromatic N) is 5. The fourth-order valence-corrected chi connectivity index (χ4v) is 3.39. The molecule has 27 heavy (non-hydrogen) atoms. The van der Waals surface area contributed by atoms with Crippen LogP contribution in [0.25, 0.3) is 0 Å². The van der Waals surface area contributed by atoms with Gasteiger partial charge in [0.05, 0.1) is 0 Å². The van der Waals surface area contributed by atoms with Crippen molar-refractivity contribution in [1.82, 2.24) is 19.6 Å². The summed E-state index contributed by atoms with van der Waals surface area (Å²) in [6, 6.07) is 0. The average Bonchev–Trinajstić information content (AvgIpc) is 3.12. The van der Waals surface area contributed by atoms with Crippen molar-refractivity contribution < 1.29 is 17.9 Å². The maximum absolute atomic E-state index is 12.0. The number of aliphatic imine (C=N–C) groups is 1. The molecule has 0 amide bonds. The third-order valence-electron chi connectivity index (χ3n) is 3.93. The van der Waals surface area contributed by atoms with Crippen LogP contribution in [-0.2, 0) is 11.2 Å². The van der Waals surface area contributed by atoms with Crippen LogP contribution in [0.2, 0.25) is 0 Å². The van der Waals surface area contributed by atoms with Crippen molar-refractivity contribution in [1.29, 1.82) is 0 Å². The Kier molecular flexibility index (Phi) is 8.55. The van der Waals surface area contributed by atoms with Crippen LogP contribution >= 0.6 is 11.5 Å². The van der Waals surface area contributed by atoms with Crippen LogP contribution in [0.3, 0.4) is 0 Å². The second-order valence-corrected chi connectivity index (χ2v) is 6.81. The van der Waals surface area contributed by atoms with E-state index in [1.54, 1.807) is 0 Å². The fourth-order valence-electron chi connectivity index (χ4n) is 2.59. The summed E-state index contributed by atoms with van der Waals surface area (Å²) in [6.07, 6.45) is -2.99. The van der Waals surface area contributed by atoms with Crippen LogP contribution in [-0.4, -0.2) is 78.9 Å². The minimum Gasteiger partial charge on any atom is -0.372 e. The van der Waals surface area contributed by atoms with Crippen LogP contribution in [0, 0.1) is 0 Å². The van der Waals surface area contributed by atoms with Gasteiger partial charge >= 0.3 is 6.18 Å². The molecule has 1 aromatic rings. The minimum atomic E-state index is -4.28. The van der Waals surface area contributed by atoms with Crippen molar-refractivity contribution in [3.8, 4) is 0 Å². The molecular weight excluding hydrogens is 381 g/mol. The van der Waals surface area contributed by atoms with Gasteiger partial charge in [-0.25, -0.2) is 4.98 Å². The Labute approximate surface area is 161 Å². The number of ether oxygens (including phenoxy) is 1. The maximum Gasteiger partial charge on any atom is 0.411 e. The highest BCUT2D eigenvalue weighted by atomic mass is 32.1. The SMILES string of the molecule is CCNC(=NCCCOCC(F)(F)F)N1CCN(c2nc(CC)ns2)CC1. The van der Waals surface area contributed by atoms with E-state index in [0.29, 0.717) is 13.0 Å². The number of aromatic nitrogens is 2. The highest BCUT2D eigenvalue weighted by molar-refractivity contribution is 7.09. The molecule has 1 aliphatic rings. The number of anilines is 1. The van der Waals surface area contributed by atoms with E-state index < -0.39 is 12.8 Å². The summed E-state index contributed by atoms with van der Waals surface area (Å²) in [4.78, 5) is 13.4. The number of halogens is 3. The van der Waals surface area contributed by atoms with E-state index in [9.17, 15) is 13.2 Å². The Bertz CT molecular complexity index is 587. The van der Waals surface area contributed by atoms with Gasteiger partial charge in [-0.1, -0.05) is 6.92 Å². The predicted octanol–water partition coefficient (Wildman–Crippen LogP) is 2.16. The Morgan fingerprint density at radius 3 is 2.59 bits per heavy atom. The van der Waals surface area contributed by atoms with Gasteiger partial charge in [0.2, 0.25) is 5.13 Å². The Balaban J connectivity index is 1.77. The molecule has 2 rings (SSSR count). The summed E-state index contributed by atoms with van der Waals surface area (Å²) in [7, 11) is 0. The Hall–Kier alpha value is -1.62. The molecule has 0 atom stereocenters. The molecule has 1 saturated heterocycles. The largest absolute Gasteiger partial charge is 0.411 e. The number of hydrogen-bond acceptors (Lipinski definition) is 6. The number of guanidine groups is 1. The highest BCUT2D eigenvalue weighted by Crippen LogP contribution is 2.19. The molecule has 0 aromatic carbocycles. The normalized spacial score (nSPS) is 16.1. The van der Waals surface area contributed by atoms with Gasteiger partial charge in [-0.2, -0.15) is 17.5 Å². The molecule has 0 aliphatic carbocycles. The predicted molar refractivity (Wildman–Crippen MR) is 101 cm³/mol. The van der Waals surface area contributed by atoms with Crippen molar-refractivity contribution >= 4 is 22.6 Å². The zero-order valence-corrected chi connectivity index (χ0v) is 16.6. The second kappa shape index (κ2) is 10.6. The quantitative estimate of drug-likeness (QED) is 0.404. The molecular formula is C16H27F3N6OS. The first-order chi connectivity index (χ1) is 12.9.